The molecule has 1 N–H and O–H groups in total. The molecule has 1 aromatic rings. The van der Waals surface area contributed by atoms with Crippen molar-refractivity contribution >= 4 is 0 Å². The molecule has 3 atom stereocenters. The average molecular weight is 272 g/mol. The van der Waals surface area contributed by atoms with Crippen LogP contribution in [0.3, 0.4) is 0 Å². The highest BCUT2D eigenvalue weighted by Crippen LogP contribution is 2.52. The van der Waals surface area contributed by atoms with E-state index in [1.165, 1.54) is 37.7 Å². The highest BCUT2D eigenvalue weighted by molar-refractivity contribution is 5.26. The highest BCUT2D eigenvalue weighted by Gasteiger charge is 2.46. The molecule has 2 aliphatic rings. The van der Waals surface area contributed by atoms with Crippen LogP contribution < -0.4 is 0 Å². The lowest BCUT2D eigenvalue weighted by Crippen LogP contribution is -2.29. The Balaban J connectivity index is 1.53. The standard InChI is InChI=1S/C19H28O/c1-13(2)14-8-10-16(11-9-14)19(20)18-12-17(18)15-6-4-3-5-7-15/h3-7,13-14,16-20H,8-12H2,1-2H3. The zero-order valence-electron chi connectivity index (χ0n) is 12.8. The van der Waals surface area contributed by atoms with E-state index in [1.807, 2.05) is 0 Å². The van der Waals surface area contributed by atoms with Crippen LogP contribution in [0.5, 0.6) is 0 Å². The van der Waals surface area contributed by atoms with Crippen molar-refractivity contribution in [3.63, 3.8) is 0 Å². The molecule has 2 aliphatic carbocycles. The molecule has 0 aliphatic heterocycles. The Labute approximate surface area is 123 Å². The van der Waals surface area contributed by atoms with Crippen LogP contribution in [-0.2, 0) is 0 Å². The van der Waals surface area contributed by atoms with Crippen LogP contribution in [0.4, 0.5) is 0 Å². The van der Waals surface area contributed by atoms with E-state index in [0.29, 0.717) is 17.8 Å². The number of hydrogen-bond donors (Lipinski definition) is 1. The summed E-state index contributed by atoms with van der Waals surface area (Å²) in [5.41, 5.74) is 1.42. The van der Waals surface area contributed by atoms with Gasteiger partial charge in [-0.2, -0.15) is 0 Å². The predicted octanol–water partition coefficient (Wildman–Crippen LogP) is 4.61. The maximum Gasteiger partial charge on any atom is 0.0602 e. The predicted molar refractivity (Wildman–Crippen MR) is 83.6 cm³/mol. The second-order valence-electron chi connectivity index (χ2n) is 7.33. The van der Waals surface area contributed by atoms with Gasteiger partial charge in [-0.1, -0.05) is 44.2 Å². The molecule has 2 fully saturated rings. The van der Waals surface area contributed by atoms with Crippen molar-refractivity contribution in [2.45, 2.75) is 58.0 Å². The Bertz CT molecular complexity index is 417. The smallest absolute Gasteiger partial charge is 0.0602 e. The molecule has 20 heavy (non-hydrogen) atoms. The normalized spacial score (nSPS) is 35.0. The summed E-state index contributed by atoms with van der Waals surface area (Å²) >= 11 is 0. The van der Waals surface area contributed by atoms with Crippen LogP contribution in [0.25, 0.3) is 0 Å². The molecular formula is C19H28O. The first-order valence-electron chi connectivity index (χ1n) is 8.40. The topological polar surface area (TPSA) is 20.2 Å². The van der Waals surface area contributed by atoms with Gasteiger partial charge in [0.25, 0.3) is 0 Å². The van der Waals surface area contributed by atoms with E-state index in [2.05, 4.69) is 44.2 Å². The molecule has 0 saturated heterocycles. The number of aliphatic hydroxyl groups excluding tert-OH is 1. The van der Waals surface area contributed by atoms with Crippen molar-refractivity contribution in [3.8, 4) is 0 Å². The first-order chi connectivity index (χ1) is 9.66. The van der Waals surface area contributed by atoms with E-state index in [1.54, 1.807) is 0 Å². The second-order valence-corrected chi connectivity index (χ2v) is 7.33. The summed E-state index contributed by atoms with van der Waals surface area (Å²) in [6, 6.07) is 10.7. The molecule has 0 amide bonds. The van der Waals surface area contributed by atoms with Crippen molar-refractivity contribution < 1.29 is 5.11 Å². The molecule has 1 nitrogen and oxygen atoms in total. The molecule has 1 aromatic carbocycles. The van der Waals surface area contributed by atoms with Crippen molar-refractivity contribution in [2.75, 3.05) is 0 Å². The third-order valence-corrected chi connectivity index (χ3v) is 5.75. The summed E-state index contributed by atoms with van der Waals surface area (Å²) < 4.78 is 0. The van der Waals surface area contributed by atoms with Gasteiger partial charge in [-0.15, -0.1) is 0 Å². The molecule has 0 bridgehead atoms. The molecule has 1 heteroatoms. The molecule has 0 radical (unpaired) electrons. The van der Waals surface area contributed by atoms with Gasteiger partial charge < -0.3 is 5.11 Å². The van der Waals surface area contributed by atoms with Crippen LogP contribution in [0, 0.1) is 23.7 Å². The minimum atomic E-state index is -0.0617. The fourth-order valence-corrected chi connectivity index (χ4v) is 4.18. The third-order valence-electron chi connectivity index (χ3n) is 5.75. The lowest BCUT2D eigenvalue weighted by atomic mass is 9.74. The summed E-state index contributed by atoms with van der Waals surface area (Å²) in [6.07, 6.45) is 6.25. The Morgan fingerprint density at radius 1 is 0.950 bits per heavy atom. The van der Waals surface area contributed by atoms with Gasteiger partial charge in [0.05, 0.1) is 6.10 Å². The summed E-state index contributed by atoms with van der Waals surface area (Å²) in [7, 11) is 0. The van der Waals surface area contributed by atoms with Gasteiger partial charge in [0.2, 0.25) is 0 Å². The SMILES string of the molecule is CC(C)C1CCC(C(O)C2CC2c2ccccc2)CC1. The summed E-state index contributed by atoms with van der Waals surface area (Å²) in [5.74, 6) is 3.41. The zero-order chi connectivity index (χ0) is 14.1. The second kappa shape index (κ2) is 5.89. The minimum Gasteiger partial charge on any atom is -0.393 e. The van der Waals surface area contributed by atoms with Crippen LogP contribution in [-0.4, -0.2) is 11.2 Å². The molecule has 0 heterocycles. The van der Waals surface area contributed by atoms with Crippen LogP contribution in [0.15, 0.2) is 30.3 Å². The lowest BCUT2D eigenvalue weighted by molar-refractivity contribution is 0.0494. The number of rotatable bonds is 4. The van der Waals surface area contributed by atoms with Crippen LogP contribution in [0.2, 0.25) is 0 Å². The molecule has 0 aromatic heterocycles. The van der Waals surface area contributed by atoms with E-state index < -0.39 is 0 Å². The Hall–Kier alpha value is -0.820. The van der Waals surface area contributed by atoms with E-state index in [9.17, 15) is 5.11 Å². The summed E-state index contributed by atoms with van der Waals surface area (Å²) in [5, 5.41) is 10.7. The highest BCUT2D eigenvalue weighted by atomic mass is 16.3. The Morgan fingerprint density at radius 2 is 1.55 bits per heavy atom. The minimum absolute atomic E-state index is 0.0617. The van der Waals surface area contributed by atoms with Crippen LogP contribution in [0.1, 0.15) is 57.4 Å². The van der Waals surface area contributed by atoms with Gasteiger partial charge in [0.15, 0.2) is 0 Å². The van der Waals surface area contributed by atoms with Gasteiger partial charge in [-0.25, -0.2) is 0 Å². The average Bonchev–Trinajstić information content (AvgIpc) is 3.28. The van der Waals surface area contributed by atoms with Gasteiger partial charge in [0, 0.05) is 0 Å². The number of hydrogen-bond acceptors (Lipinski definition) is 1. The maximum absolute atomic E-state index is 10.7. The zero-order valence-corrected chi connectivity index (χ0v) is 12.8. The molecule has 3 rings (SSSR count). The fourth-order valence-electron chi connectivity index (χ4n) is 4.18. The van der Waals surface area contributed by atoms with E-state index in [-0.39, 0.29) is 6.10 Å². The van der Waals surface area contributed by atoms with Crippen molar-refractivity contribution in [1.29, 1.82) is 0 Å². The van der Waals surface area contributed by atoms with Gasteiger partial charge in [-0.05, 0) is 67.3 Å². The van der Waals surface area contributed by atoms with Crippen molar-refractivity contribution in [3.05, 3.63) is 35.9 Å². The first kappa shape index (κ1) is 14.1. The quantitative estimate of drug-likeness (QED) is 0.848. The Morgan fingerprint density at radius 3 is 2.15 bits per heavy atom. The summed E-state index contributed by atoms with van der Waals surface area (Å²) in [4.78, 5) is 0. The molecule has 110 valence electrons. The molecule has 2 saturated carbocycles. The van der Waals surface area contributed by atoms with E-state index in [4.69, 9.17) is 0 Å². The Kier molecular flexibility index (Phi) is 4.16. The number of aliphatic hydroxyl groups is 1. The van der Waals surface area contributed by atoms with Gasteiger partial charge in [0.1, 0.15) is 0 Å². The van der Waals surface area contributed by atoms with E-state index >= 15 is 0 Å². The summed E-state index contributed by atoms with van der Waals surface area (Å²) in [6.45, 7) is 4.68. The van der Waals surface area contributed by atoms with Crippen LogP contribution >= 0.6 is 0 Å². The molecular weight excluding hydrogens is 244 g/mol. The largest absolute Gasteiger partial charge is 0.393 e. The van der Waals surface area contributed by atoms with Crippen molar-refractivity contribution in [1.82, 2.24) is 0 Å². The first-order valence-corrected chi connectivity index (χ1v) is 8.40. The van der Waals surface area contributed by atoms with Crippen molar-refractivity contribution in [2.24, 2.45) is 23.7 Å². The maximum atomic E-state index is 10.7. The lowest BCUT2D eigenvalue weighted by Gasteiger charge is -2.33. The van der Waals surface area contributed by atoms with Gasteiger partial charge in [-0.3, -0.25) is 0 Å². The van der Waals surface area contributed by atoms with Gasteiger partial charge >= 0.3 is 0 Å². The monoisotopic (exact) mass is 272 g/mol. The third kappa shape index (κ3) is 2.93. The van der Waals surface area contributed by atoms with E-state index in [0.717, 1.165) is 11.8 Å². The number of benzene rings is 1. The molecule has 0 spiro atoms. The fraction of sp³-hybridized carbons (Fsp3) is 0.684. The molecule has 3 unspecified atom stereocenters.